The topological polar surface area (TPSA) is 139 Å². The quantitative estimate of drug-likeness (QED) is 0.427. The molecule has 0 aliphatic carbocycles. The standard InChI is InChI=1S/C22H23ClN4O5.C2HF3O2/c23-14-9-15-21(26-22(24-15)32-17-11-31-19-16(28)10-30-20(17)19)25-18(14)12-1-3-13(4-2-12)27-5-7-29-8-6-27;3-2(4,5)1(6)7/h1-4,9,16-17,19-20,28H,5-8,10-11H2,(H,24,25,26);(H,6,7)/t16-,17-,19-,20-;/m1./s1. The Bertz CT molecular complexity index is 1320. The number of aromatic amines is 1. The second kappa shape index (κ2) is 11.1. The number of alkyl halides is 3. The Kier molecular flexibility index (Phi) is 7.82. The van der Waals surface area contributed by atoms with E-state index in [-0.39, 0.29) is 24.9 Å². The number of H-pyrrole nitrogens is 1. The second-order valence-corrected chi connectivity index (χ2v) is 9.41. The van der Waals surface area contributed by atoms with Gasteiger partial charge in [0.1, 0.15) is 18.3 Å². The number of halogens is 4. The maximum absolute atomic E-state index is 10.6. The van der Waals surface area contributed by atoms with Crippen molar-refractivity contribution < 1.29 is 47.1 Å². The molecule has 3 N–H and O–H groups in total. The summed E-state index contributed by atoms with van der Waals surface area (Å²) in [6, 6.07) is 10.3. The molecule has 4 atom stereocenters. The Hall–Kier alpha value is -3.17. The van der Waals surface area contributed by atoms with E-state index in [1.165, 1.54) is 0 Å². The molecule has 0 amide bonds. The number of nitrogens with zero attached hydrogens (tertiary/aromatic N) is 3. The van der Waals surface area contributed by atoms with Crippen LogP contribution in [0.25, 0.3) is 22.4 Å². The zero-order valence-electron chi connectivity index (χ0n) is 20.2. The molecular formula is C24H24ClF3N4O7. The summed E-state index contributed by atoms with van der Waals surface area (Å²) < 4.78 is 54.3. The second-order valence-electron chi connectivity index (χ2n) is 9.00. The summed E-state index contributed by atoms with van der Waals surface area (Å²) in [6.45, 7) is 3.85. The lowest BCUT2D eigenvalue weighted by Crippen LogP contribution is -2.36. The van der Waals surface area contributed by atoms with Crippen LogP contribution in [0.15, 0.2) is 30.3 Å². The van der Waals surface area contributed by atoms with Gasteiger partial charge >= 0.3 is 12.1 Å². The molecule has 11 nitrogen and oxygen atoms in total. The highest BCUT2D eigenvalue weighted by Crippen LogP contribution is 2.33. The molecule has 3 aliphatic rings. The van der Waals surface area contributed by atoms with Gasteiger partial charge in [-0.2, -0.15) is 18.2 Å². The lowest BCUT2D eigenvalue weighted by molar-refractivity contribution is -0.192. The van der Waals surface area contributed by atoms with Crippen molar-refractivity contribution in [2.75, 3.05) is 44.4 Å². The number of imidazole rings is 1. The van der Waals surface area contributed by atoms with Crippen LogP contribution in [0.1, 0.15) is 0 Å². The van der Waals surface area contributed by atoms with Gasteiger partial charge in [-0.25, -0.2) is 9.78 Å². The van der Waals surface area contributed by atoms with E-state index < -0.39 is 18.2 Å². The fraction of sp³-hybridized carbons (Fsp3) is 0.458. The number of carboxylic acid groups (broad SMARTS) is 1. The molecule has 3 fully saturated rings. The maximum atomic E-state index is 10.6. The molecule has 210 valence electrons. The van der Waals surface area contributed by atoms with E-state index in [2.05, 4.69) is 32.0 Å². The average molecular weight is 573 g/mol. The SMILES string of the molecule is O=C(O)C(F)(F)F.O[C@@H]1CO[C@H]2[C@@H]1OC[C@H]2Oc1nc2nc(-c3ccc(N4CCOCC4)cc3)c(Cl)cc2[nH]1. The molecule has 3 aliphatic heterocycles. The van der Waals surface area contributed by atoms with E-state index in [1.54, 1.807) is 6.07 Å². The molecule has 0 unspecified atom stereocenters. The number of aliphatic hydroxyl groups excluding tert-OH is 1. The molecule has 0 bridgehead atoms. The minimum Gasteiger partial charge on any atom is -0.475 e. The molecule has 39 heavy (non-hydrogen) atoms. The number of anilines is 1. The van der Waals surface area contributed by atoms with Crippen LogP contribution in [0.4, 0.5) is 18.9 Å². The van der Waals surface area contributed by atoms with Gasteiger partial charge in [0.2, 0.25) is 0 Å². The molecule has 0 saturated carbocycles. The van der Waals surface area contributed by atoms with Crippen LogP contribution in [0, 0.1) is 0 Å². The Morgan fingerprint density at radius 1 is 1.10 bits per heavy atom. The normalized spacial score (nSPS) is 24.8. The highest BCUT2D eigenvalue weighted by molar-refractivity contribution is 6.33. The van der Waals surface area contributed by atoms with E-state index in [4.69, 9.17) is 40.4 Å². The third kappa shape index (κ3) is 6.04. The summed E-state index contributed by atoms with van der Waals surface area (Å²) in [5.41, 5.74) is 3.93. The van der Waals surface area contributed by atoms with Gasteiger partial charge < -0.3 is 39.0 Å². The number of nitrogens with one attached hydrogen (secondary N) is 1. The first-order chi connectivity index (χ1) is 18.6. The number of ether oxygens (including phenoxy) is 4. The van der Waals surface area contributed by atoms with Crippen LogP contribution in [0.3, 0.4) is 0 Å². The number of morpholine rings is 1. The molecular weight excluding hydrogens is 549 g/mol. The van der Waals surface area contributed by atoms with Crippen molar-refractivity contribution in [2.24, 2.45) is 0 Å². The Balaban J connectivity index is 0.000000392. The first kappa shape index (κ1) is 27.4. The monoisotopic (exact) mass is 572 g/mol. The number of aliphatic carboxylic acids is 1. The molecule has 0 radical (unpaired) electrons. The fourth-order valence-electron chi connectivity index (χ4n) is 4.49. The lowest BCUT2D eigenvalue weighted by Gasteiger charge is -2.28. The van der Waals surface area contributed by atoms with Crippen LogP contribution < -0.4 is 9.64 Å². The van der Waals surface area contributed by atoms with Gasteiger partial charge in [-0.05, 0) is 18.2 Å². The van der Waals surface area contributed by atoms with E-state index in [1.807, 2.05) is 12.1 Å². The molecule has 0 spiro atoms. The van der Waals surface area contributed by atoms with E-state index in [0.29, 0.717) is 34.5 Å². The summed E-state index contributed by atoms with van der Waals surface area (Å²) >= 11 is 6.55. The number of hydrogen-bond acceptors (Lipinski definition) is 9. The maximum Gasteiger partial charge on any atom is 0.490 e. The van der Waals surface area contributed by atoms with Gasteiger partial charge in [0.05, 0.1) is 42.7 Å². The molecule has 2 aromatic heterocycles. The summed E-state index contributed by atoms with van der Waals surface area (Å²) in [4.78, 5) is 23.5. The number of carboxylic acids is 1. The minimum absolute atomic E-state index is 0.250. The van der Waals surface area contributed by atoms with Crippen LogP contribution in [-0.4, -0.2) is 101 Å². The number of hydrogen-bond donors (Lipinski definition) is 3. The predicted molar refractivity (Wildman–Crippen MR) is 131 cm³/mol. The van der Waals surface area contributed by atoms with E-state index >= 15 is 0 Å². The number of fused-ring (bicyclic) bond motifs is 2. The Labute approximate surface area is 224 Å². The minimum atomic E-state index is -5.08. The van der Waals surface area contributed by atoms with Crippen molar-refractivity contribution in [3.63, 3.8) is 0 Å². The van der Waals surface area contributed by atoms with Crippen LogP contribution in [0.2, 0.25) is 5.02 Å². The Morgan fingerprint density at radius 3 is 2.44 bits per heavy atom. The summed E-state index contributed by atoms with van der Waals surface area (Å²) in [5, 5.41) is 17.5. The first-order valence-electron chi connectivity index (χ1n) is 12.0. The van der Waals surface area contributed by atoms with Gasteiger partial charge in [-0.3, -0.25) is 0 Å². The van der Waals surface area contributed by atoms with E-state index in [9.17, 15) is 18.3 Å². The number of aromatic nitrogens is 3. The number of carbonyl (C=O) groups is 1. The highest BCUT2D eigenvalue weighted by Gasteiger charge is 2.48. The molecule has 6 rings (SSSR count). The number of benzene rings is 1. The Morgan fingerprint density at radius 2 is 1.77 bits per heavy atom. The predicted octanol–water partition coefficient (Wildman–Crippen LogP) is 2.65. The highest BCUT2D eigenvalue weighted by atomic mass is 35.5. The molecule has 3 aromatic rings. The van der Waals surface area contributed by atoms with Gasteiger partial charge in [0, 0.05) is 24.3 Å². The number of rotatable bonds is 4. The van der Waals surface area contributed by atoms with Crippen LogP contribution in [0.5, 0.6) is 6.01 Å². The third-order valence-electron chi connectivity index (χ3n) is 6.41. The molecule has 5 heterocycles. The summed E-state index contributed by atoms with van der Waals surface area (Å²) in [5.74, 6) is -2.76. The molecule has 3 saturated heterocycles. The van der Waals surface area contributed by atoms with Gasteiger partial charge in [0.15, 0.2) is 11.8 Å². The van der Waals surface area contributed by atoms with E-state index in [0.717, 1.165) is 37.6 Å². The number of pyridine rings is 1. The smallest absolute Gasteiger partial charge is 0.475 e. The van der Waals surface area contributed by atoms with Gasteiger partial charge in [0.25, 0.3) is 6.01 Å². The van der Waals surface area contributed by atoms with Crippen LogP contribution in [-0.2, 0) is 19.0 Å². The summed E-state index contributed by atoms with van der Waals surface area (Å²) in [6.07, 6.45) is -6.72. The largest absolute Gasteiger partial charge is 0.490 e. The molecule has 1 aromatic carbocycles. The van der Waals surface area contributed by atoms with Crippen molar-refractivity contribution >= 4 is 34.4 Å². The lowest BCUT2D eigenvalue weighted by atomic mass is 10.1. The zero-order chi connectivity index (χ0) is 27.7. The number of aliphatic hydroxyl groups is 1. The zero-order valence-corrected chi connectivity index (χ0v) is 21.0. The fourth-order valence-corrected chi connectivity index (χ4v) is 4.75. The van der Waals surface area contributed by atoms with Crippen molar-refractivity contribution in [1.82, 2.24) is 15.0 Å². The average Bonchev–Trinajstić information content (AvgIpc) is 3.60. The van der Waals surface area contributed by atoms with Gasteiger partial charge in [-0.1, -0.05) is 23.7 Å². The molecule has 15 heteroatoms. The third-order valence-corrected chi connectivity index (χ3v) is 6.70. The van der Waals surface area contributed by atoms with Crippen molar-refractivity contribution in [1.29, 1.82) is 0 Å². The first-order valence-corrected chi connectivity index (χ1v) is 12.4. The van der Waals surface area contributed by atoms with Crippen molar-refractivity contribution in [2.45, 2.75) is 30.6 Å². The van der Waals surface area contributed by atoms with Gasteiger partial charge in [-0.15, -0.1) is 0 Å². The summed E-state index contributed by atoms with van der Waals surface area (Å²) in [7, 11) is 0. The van der Waals surface area contributed by atoms with Crippen molar-refractivity contribution in [3.05, 3.63) is 35.4 Å². The van der Waals surface area contributed by atoms with Crippen LogP contribution >= 0.6 is 11.6 Å². The van der Waals surface area contributed by atoms with Crippen molar-refractivity contribution in [3.8, 4) is 17.3 Å².